The van der Waals surface area contributed by atoms with Crippen LogP contribution in [0.25, 0.3) is 10.8 Å². The quantitative estimate of drug-likeness (QED) is 0.533. The summed E-state index contributed by atoms with van der Waals surface area (Å²) in [6.07, 6.45) is 0. The SMILES string of the molecule is [Ca+2].[H-].[H-].c1ccc2ccccc2c1. The van der Waals surface area contributed by atoms with Crippen LogP contribution in [0, 0.1) is 0 Å². The van der Waals surface area contributed by atoms with Gasteiger partial charge in [0.05, 0.1) is 0 Å². The van der Waals surface area contributed by atoms with Gasteiger partial charge in [-0.2, -0.15) is 0 Å². The molecule has 0 fully saturated rings. The van der Waals surface area contributed by atoms with Crippen molar-refractivity contribution < 1.29 is 2.85 Å². The van der Waals surface area contributed by atoms with E-state index < -0.39 is 0 Å². The Kier molecular flexibility index (Phi) is 3.38. The van der Waals surface area contributed by atoms with Gasteiger partial charge < -0.3 is 2.85 Å². The van der Waals surface area contributed by atoms with Crippen LogP contribution in [0.1, 0.15) is 2.85 Å². The van der Waals surface area contributed by atoms with E-state index in [0.717, 1.165) is 0 Å². The molecule has 0 aromatic heterocycles. The van der Waals surface area contributed by atoms with Crippen LogP contribution in [0.4, 0.5) is 0 Å². The molecule has 0 aliphatic rings. The maximum absolute atomic E-state index is 2.12. The van der Waals surface area contributed by atoms with Crippen molar-refractivity contribution in [1.29, 1.82) is 0 Å². The fourth-order valence-electron chi connectivity index (χ4n) is 1.13. The van der Waals surface area contributed by atoms with Crippen LogP contribution in [0.15, 0.2) is 48.5 Å². The molecule has 1 heteroatoms. The molecule has 0 spiro atoms. The Morgan fingerprint density at radius 3 is 1.18 bits per heavy atom. The van der Waals surface area contributed by atoms with Crippen LogP contribution < -0.4 is 0 Å². The Labute approximate surface area is 99.2 Å². The van der Waals surface area contributed by atoms with Gasteiger partial charge in [0, 0.05) is 0 Å². The smallest absolute Gasteiger partial charge is 1.00 e. The molecule has 0 radical (unpaired) electrons. The van der Waals surface area contributed by atoms with Crippen molar-refractivity contribution in [3.63, 3.8) is 0 Å². The number of hydrogen-bond donors (Lipinski definition) is 0. The summed E-state index contributed by atoms with van der Waals surface area (Å²) in [6.45, 7) is 0. The molecule has 52 valence electrons. The van der Waals surface area contributed by atoms with Gasteiger partial charge in [-0.25, -0.2) is 0 Å². The second-order valence-electron chi connectivity index (χ2n) is 2.35. The van der Waals surface area contributed by atoms with E-state index in [0.29, 0.717) is 0 Å². The molecule has 2 aromatic carbocycles. The summed E-state index contributed by atoms with van der Waals surface area (Å²) in [5, 5.41) is 2.62. The second kappa shape index (κ2) is 4.10. The third kappa shape index (κ3) is 1.96. The van der Waals surface area contributed by atoms with Gasteiger partial charge in [-0.3, -0.25) is 0 Å². The van der Waals surface area contributed by atoms with Gasteiger partial charge in [0.2, 0.25) is 0 Å². The average molecular weight is 170 g/mol. The number of rotatable bonds is 0. The summed E-state index contributed by atoms with van der Waals surface area (Å²) >= 11 is 0. The zero-order valence-corrected chi connectivity index (χ0v) is 8.53. The average Bonchev–Trinajstić information content (AvgIpc) is 2.05. The first-order valence-corrected chi connectivity index (χ1v) is 3.40. The molecule has 0 aliphatic carbocycles. The zero-order valence-electron chi connectivity index (χ0n) is 8.33. The van der Waals surface area contributed by atoms with Crippen LogP contribution in [-0.4, -0.2) is 37.7 Å². The minimum atomic E-state index is 0. The van der Waals surface area contributed by atoms with Crippen LogP contribution in [-0.2, 0) is 0 Å². The minimum Gasteiger partial charge on any atom is -1.00 e. The molecule has 0 aliphatic heterocycles. The molecule has 0 N–H and O–H groups in total. The first-order chi connectivity index (χ1) is 4.97. The maximum Gasteiger partial charge on any atom is 2.00 e. The molecular weight excluding hydrogens is 160 g/mol. The van der Waals surface area contributed by atoms with Gasteiger partial charge in [-0.05, 0) is 10.8 Å². The van der Waals surface area contributed by atoms with Crippen molar-refractivity contribution in [2.45, 2.75) is 0 Å². The van der Waals surface area contributed by atoms with E-state index in [2.05, 4.69) is 48.5 Å². The molecule has 0 unspecified atom stereocenters. The molecule has 0 saturated heterocycles. The Balaban J connectivity index is 0. The fraction of sp³-hybridized carbons (Fsp3) is 0. The summed E-state index contributed by atoms with van der Waals surface area (Å²) < 4.78 is 0. The Morgan fingerprint density at radius 1 is 0.636 bits per heavy atom. The van der Waals surface area contributed by atoms with Crippen molar-refractivity contribution in [3.05, 3.63) is 48.5 Å². The van der Waals surface area contributed by atoms with Crippen LogP contribution >= 0.6 is 0 Å². The Bertz CT molecular complexity index is 284. The van der Waals surface area contributed by atoms with Crippen molar-refractivity contribution in [2.24, 2.45) is 0 Å². The molecule has 11 heavy (non-hydrogen) atoms. The molecule has 0 atom stereocenters. The predicted molar refractivity (Wildman–Crippen MR) is 51.9 cm³/mol. The summed E-state index contributed by atoms with van der Waals surface area (Å²) in [6, 6.07) is 16.7. The maximum atomic E-state index is 2.12. The third-order valence-electron chi connectivity index (χ3n) is 1.66. The molecule has 0 bridgehead atoms. The van der Waals surface area contributed by atoms with E-state index >= 15 is 0 Å². The molecule has 2 rings (SSSR count). The predicted octanol–water partition coefficient (Wildman–Crippen LogP) is 2.68. The molecule has 0 heterocycles. The van der Waals surface area contributed by atoms with E-state index in [-0.39, 0.29) is 40.6 Å². The van der Waals surface area contributed by atoms with Gasteiger partial charge >= 0.3 is 37.7 Å². The topological polar surface area (TPSA) is 0 Å². The van der Waals surface area contributed by atoms with Crippen molar-refractivity contribution in [3.8, 4) is 0 Å². The van der Waals surface area contributed by atoms with Gasteiger partial charge in [-0.15, -0.1) is 0 Å². The molecular formula is C10H10Ca. The number of fused-ring (bicyclic) bond motifs is 1. The summed E-state index contributed by atoms with van der Waals surface area (Å²) in [5.41, 5.74) is 0. The zero-order chi connectivity index (χ0) is 6.81. The first kappa shape index (κ1) is 9.05. The van der Waals surface area contributed by atoms with Crippen LogP contribution in [0.2, 0.25) is 0 Å². The van der Waals surface area contributed by atoms with E-state index in [1.165, 1.54) is 10.8 Å². The van der Waals surface area contributed by atoms with Crippen molar-refractivity contribution >= 4 is 48.5 Å². The Hall–Kier alpha value is -0.0403. The Morgan fingerprint density at radius 2 is 0.909 bits per heavy atom. The fourth-order valence-corrected chi connectivity index (χ4v) is 1.13. The van der Waals surface area contributed by atoms with E-state index in [1.807, 2.05) is 0 Å². The third-order valence-corrected chi connectivity index (χ3v) is 1.66. The van der Waals surface area contributed by atoms with Gasteiger partial charge in [0.15, 0.2) is 0 Å². The first-order valence-electron chi connectivity index (χ1n) is 3.40. The van der Waals surface area contributed by atoms with Gasteiger partial charge in [0.25, 0.3) is 0 Å². The summed E-state index contributed by atoms with van der Waals surface area (Å²) in [7, 11) is 0. The largest absolute Gasteiger partial charge is 2.00 e. The molecule has 0 saturated carbocycles. The minimum absolute atomic E-state index is 0. The van der Waals surface area contributed by atoms with E-state index in [4.69, 9.17) is 0 Å². The monoisotopic (exact) mass is 170 g/mol. The van der Waals surface area contributed by atoms with Crippen molar-refractivity contribution in [2.75, 3.05) is 0 Å². The second-order valence-corrected chi connectivity index (χ2v) is 2.35. The number of benzene rings is 2. The van der Waals surface area contributed by atoms with Crippen LogP contribution in [0.3, 0.4) is 0 Å². The van der Waals surface area contributed by atoms with Gasteiger partial charge in [0.1, 0.15) is 0 Å². The molecule has 0 nitrogen and oxygen atoms in total. The standard InChI is InChI=1S/C10H8.Ca.2H/c1-2-6-10-8-4-3-7-9(10)5-1;;;/h1-8H;;;/q;+2;2*-1. The van der Waals surface area contributed by atoms with Gasteiger partial charge in [-0.1, -0.05) is 48.5 Å². The van der Waals surface area contributed by atoms with E-state index in [9.17, 15) is 0 Å². The molecule has 2 aromatic rings. The summed E-state index contributed by atoms with van der Waals surface area (Å²) in [4.78, 5) is 0. The normalized spacial score (nSPS) is 9.09. The molecule has 0 amide bonds. The van der Waals surface area contributed by atoms with E-state index in [1.54, 1.807) is 0 Å². The summed E-state index contributed by atoms with van der Waals surface area (Å²) in [5.74, 6) is 0. The van der Waals surface area contributed by atoms with Crippen LogP contribution in [0.5, 0.6) is 0 Å². The number of hydrogen-bond acceptors (Lipinski definition) is 0. The van der Waals surface area contributed by atoms with Crippen molar-refractivity contribution in [1.82, 2.24) is 0 Å².